The van der Waals surface area contributed by atoms with Crippen molar-refractivity contribution < 1.29 is 4.79 Å². The highest BCUT2D eigenvalue weighted by Gasteiger charge is 2.07. The van der Waals surface area contributed by atoms with Crippen molar-refractivity contribution in [2.45, 2.75) is 19.8 Å². The molecule has 0 fully saturated rings. The molecule has 0 aromatic heterocycles. The molecule has 120 valence electrons. The molecule has 0 aliphatic heterocycles. The maximum atomic E-state index is 12.1. The van der Waals surface area contributed by atoms with Gasteiger partial charge in [-0.1, -0.05) is 44.2 Å². The average Bonchev–Trinajstić information content (AvgIpc) is 2.53. The van der Waals surface area contributed by atoms with E-state index in [9.17, 15) is 4.79 Å². The summed E-state index contributed by atoms with van der Waals surface area (Å²) in [5.41, 5.74) is 4.16. The number of hydrogen-bond donors (Lipinski definition) is 1. The van der Waals surface area contributed by atoms with Crippen LogP contribution >= 0.6 is 0 Å². The molecule has 1 N–H and O–H groups in total. The molecule has 0 aliphatic carbocycles. The van der Waals surface area contributed by atoms with Gasteiger partial charge in [-0.3, -0.25) is 4.79 Å². The number of anilines is 2. The molecule has 2 aromatic rings. The first-order valence-corrected chi connectivity index (χ1v) is 7.82. The smallest absolute Gasteiger partial charge is 0.248 e. The number of amides is 1. The third-order valence-electron chi connectivity index (χ3n) is 3.68. The molecule has 0 spiro atoms. The minimum absolute atomic E-state index is 0.116. The molecule has 2 aromatic carbocycles. The summed E-state index contributed by atoms with van der Waals surface area (Å²) in [6.07, 6.45) is 3.40. The van der Waals surface area contributed by atoms with E-state index in [0.29, 0.717) is 5.92 Å². The zero-order chi connectivity index (χ0) is 16.8. The predicted molar refractivity (Wildman–Crippen MR) is 99.0 cm³/mol. The summed E-state index contributed by atoms with van der Waals surface area (Å²) in [6, 6.07) is 16.0. The Labute approximate surface area is 138 Å². The summed E-state index contributed by atoms with van der Waals surface area (Å²) in [4.78, 5) is 14.2. The molecule has 1 amide bonds. The Balaban J connectivity index is 2.05. The summed E-state index contributed by atoms with van der Waals surface area (Å²) in [7, 11) is 4.01. The third-order valence-corrected chi connectivity index (χ3v) is 3.68. The van der Waals surface area contributed by atoms with Crippen LogP contribution in [0.4, 0.5) is 11.4 Å². The lowest BCUT2D eigenvalue weighted by molar-refractivity contribution is -0.111. The van der Waals surface area contributed by atoms with Gasteiger partial charge in [0.25, 0.3) is 0 Å². The van der Waals surface area contributed by atoms with Gasteiger partial charge in [0.1, 0.15) is 0 Å². The number of carbonyl (C=O) groups is 1. The molecule has 0 aliphatic rings. The molecule has 0 saturated heterocycles. The first kappa shape index (κ1) is 16.8. The highest BCUT2D eigenvalue weighted by Crippen LogP contribution is 2.23. The first-order chi connectivity index (χ1) is 11.0. The van der Waals surface area contributed by atoms with Crippen LogP contribution in [0.2, 0.25) is 0 Å². The molecule has 0 heterocycles. The van der Waals surface area contributed by atoms with Crippen molar-refractivity contribution >= 4 is 23.4 Å². The van der Waals surface area contributed by atoms with E-state index in [1.54, 1.807) is 6.08 Å². The summed E-state index contributed by atoms with van der Waals surface area (Å²) in [5, 5.41) is 2.96. The summed E-state index contributed by atoms with van der Waals surface area (Å²) < 4.78 is 0. The fourth-order valence-electron chi connectivity index (χ4n) is 2.34. The van der Waals surface area contributed by atoms with Crippen molar-refractivity contribution in [3.05, 3.63) is 65.7 Å². The first-order valence-electron chi connectivity index (χ1n) is 7.82. The molecule has 0 atom stereocenters. The largest absolute Gasteiger partial charge is 0.378 e. The van der Waals surface area contributed by atoms with Crippen LogP contribution in [0, 0.1) is 0 Å². The van der Waals surface area contributed by atoms with E-state index < -0.39 is 0 Å². The Hall–Kier alpha value is -2.55. The maximum absolute atomic E-state index is 12.1. The molecule has 0 saturated carbocycles. The van der Waals surface area contributed by atoms with Crippen LogP contribution in [0.3, 0.4) is 0 Å². The molecular formula is C20H24N2O. The fraction of sp³-hybridized carbons (Fsp3) is 0.250. The number of benzene rings is 2. The molecule has 3 nitrogen and oxygen atoms in total. The number of carbonyl (C=O) groups excluding carboxylic acids is 1. The van der Waals surface area contributed by atoms with Gasteiger partial charge >= 0.3 is 0 Å². The van der Waals surface area contributed by atoms with E-state index in [0.717, 1.165) is 22.5 Å². The van der Waals surface area contributed by atoms with E-state index in [1.807, 2.05) is 73.6 Å². The van der Waals surface area contributed by atoms with Crippen LogP contribution in [0.15, 0.2) is 54.6 Å². The second-order valence-electron chi connectivity index (χ2n) is 6.05. The topological polar surface area (TPSA) is 32.3 Å². The van der Waals surface area contributed by atoms with Crippen molar-refractivity contribution in [3.8, 4) is 0 Å². The maximum Gasteiger partial charge on any atom is 0.248 e. The minimum Gasteiger partial charge on any atom is -0.378 e. The van der Waals surface area contributed by atoms with Crippen molar-refractivity contribution in [1.82, 2.24) is 0 Å². The van der Waals surface area contributed by atoms with Crippen LogP contribution in [0.25, 0.3) is 6.08 Å². The molecule has 2 rings (SSSR count). The molecule has 0 bridgehead atoms. The quantitative estimate of drug-likeness (QED) is 0.823. The SMILES string of the molecule is CC(C)c1ccccc1NC(=O)/C=C/c1ccc(N(C)C)cc1. The Kier molecular flexibility index (Phi) is 5.58. The van der Waals surface area contributed by atoms with Gasteiger partial charge in [0.05, 0.1) is 0 Å². The predicted octanol–water partition coefficient (Wildman–Crippen LogP) is 4.53. The van der Waals surface area contributed by atoms with Gasteiger partial charge in [-0.15, -0.1) is 0 Å². The Morgan fingerprint density at radius 2 is 1.70 bits per heavy atom. The molecule has 0 unspecified atom stereocenters. The van der Waals surface area contributed by atoms with Crippen molar-refractivity contribution in [2.75, 3.05) is 24.3 Å². The third kappa shape index (κ3) is 4.71. The summed E-state index contributed by atoms with van der Waals surface area (Å²) >= 11 is 0. The zero-order valence-corrected chi connectivity index (χ0v) is 14.2. The van der Waals surface area contributed by atoms with Crippen molar-refractivity contribution in [3.63, 3.8) is 0 Å². The lowest BCUT2D eigenvalue weighted by Gasteiger charge is -2.12. The van der Waals surface area contributed by atoms with E-state index in [2.05, 4.69) is 19.2 Å². The van der Waals surface area contributed by atoms with E-state index in [-0.39, 0.29) is 5.91 Å². The highest BCUT2D eigenvalue weighted by atomic mass is 16.1. The van der Waals surface area contributed by atoms with E-state index >= 15 is 0 Å². The lowest BCUT2D eigenvalue weighted by Crippen LogP contribution is -2.10. The number of nitrogens with one attached hydrogen (secondary N) is 1. The number of rotatable bonds is 5. The monoisotopic (exact) mass is 308 g/mol. The highest BCUT2D eigenvalue weighted by molar-refractivity contribution is 6.02. The molecule has 0 radical (unpaired) electrons. The van der Waals surface area contributed by atoms with Gasteiger partial charge in [0.15, 0.2) is 0 Å². The number of hydrogen-bond acceptors (Lipinski definition) is 2. The normalized spacial score (nSPS) is 11.0. The Morgan fingerprint density at radius 3 is 2.30 bits per heavy atom. The zero-order valence-electron chi connectivity index (χ0n) is 14.2. The van der Waals surface area contributed by atoms with Crippen LogP contribution in [-0.2, 0) is 4.79 Å². The second kappa shape index (κ2) is 7.63. The van der Waals surface area contributed by atoms with Crippen LogP contribution < -0.4 is 10.2 Å². The Bertz CT molecular complexity index is 685. The summed E-state index contributed by atoms with van der Waals surface area (Å²) in [5.74, 6) is 0.254. The van der Waals surface area contributed by atoms with E-state index in [4.69, 9.17) is 0 Å². The Morgan fingerprint density at radius 1 is 1.04 bits per heavy atom. The minimum atomic E-state index is -0.116. The molecular weight excluding hydrogens is 284 g/mol. The lowest BCUT2D eigenvalue weighted by atomic mass is 10.0. The van der Waals surface area contributed by atoms with Gasteiger partial charge in [-0.05, 0) is 41.3 Å². The van der Waals surface area contributed by atoms with Gasteiger partial charge in [-0.25, -0.2) is 0 Å². The number of para-hydroxylation sites is 1. The van der Waals surface area contributed by atoms with Gasteiger partial charge in [0, 0.05) is 31.5 Å². The van der Waals surface area contributed by atoms with E-state index in [1.165, 1.54) is 0 Å². The van der Waals surface area contributed by atoms with Crippen LogP contribution in [0.5, 0.6) is 0 Å². The van der Waals surface area contributed by atoms with Crippen LogP contribution in [0.1, 0.15) is 30.9 Å². The van der Waals surface area contributed by atoms with Gasteiger partial charge in [-0.2, -0.15) is 0 Å². The fourth-order valence-corrected chi connectivity index (χ4v) is 2.34. The molecule has 23 heavy (non-hydrogen) atoms. The second-order valence-corrected chi connectivity index (χ2v) is 6.05. The van der Waals surface area contributed by atoms with Crippen LogP contribution in [-0.4, -0.2) is 20.0 Å². The number of nitrogens with zero attached hydrogens (tertiary/aromatic N) is 1. The van der Waals surface area contributed by atoms with Crippen molar-refractivity contribution in [1.29, 1.82) is 0 Å². The van der Waals surface area contributed by atoms with Crippen molar-refractivity contribution in [2.24, 2.45) is 0 Å². The van der Waals surface area contributed by atoms with Gasteiger partial charge < -0.3 is 10.2 Å². The van der Waals surface area contributed by atoms with Gasteiger partial charge in [0.2, 0.25) is 5.91 Å². The standard InChI is InChI=1S/C20H24N2O/c1-15(2)18-7-5-6-8-19(18)21-20(23)14-11-16-9-12-17(13-10-16)22(3)4/h5-15H,1-4H3,(H,21,23)/b14-11+. The summed E-state index contributed by atoms with van der Waals surface area (Å²) in [6.45, 7) is 4.24. The molecule has 3 heteroatoms. The average molecular weight is 308 g/mol.